The number of nitrogens with one attached hydrogen (secondary N) is 2. The molecule has 0 saturated carbocycles. The molecule has 0 aliphatic carbocycles. The third-order valence-electron chi connectivity index (χ3n) is 5.36. The molecule has 3 aromatic carbocycles. The molecule has 0 atom stereocenters. The van der Waals surface area contributed by atoms with Crippen LogP contribution in [0.5, 0.6) is 11.5 Å². The number of nitrogens with zero attached hydrogens (tertiary/aromatic N) is 4. The predicted molar refractivity (Wildman–Crippen MR) is 138 cm³/mol. The van der Waals surface area contributed by atoms with E-state index in [2.05, 4.69) is 20.7 Å². The topological polar surface area (TPSA) is 133 Å². The van der Waals surface area contributed by atoms with Crippen LogP contribution in [-0.2, 0) is 13.1 Å². The van der Waals surface area contributed by atoms with Gasteiger partial charge in [-0.05, 0) is 47.5 Å². The molecular formula is C25H23ClN6O5. The minimum absolute atomic E-state index is 0.0322. The highest BCUT2D eigenvalue weighted by Crippen LogP contribution is 2.26. The first kappa shape index (κ1) is 25.5. The second-order valence-corrected chi connectivity index (χ2v) is 8.22. The van der Waals surface area contributed by atoms with E-state index in [0.29, 0.717) is 24.6 Å². The van der Waals surface area contributed by atoms with E-state index in [1.54, 1.807) is 14.2 Å². The lowest BCUT2D eigenvalue weighted by Crippen LogP contribution is -2.18. The summed E-state index contributed by atoms with van der Waals surface area (Å²) in [5, 5.41) is 21.8. The number of carbonyl (C=O) groups excluding carboxylic acids is 1. The van der Waals surface area contributed by atoms with Gasteiger partial charge in [-0.3, -0.25) is 14.9 Å². The first-order valence-corrected chi connectivity index (χ1v) is 11.4. The fourth-order valence-corrected chi connectivity index (χ4v) is 3.66. The SMILES string of the molecule is COc1cccc(CNc2nc(NCc3cccc(OC)c3)n(C(=O)c3ccc(Cl)c([N+](=O)[O-])c3)n2)c1. The molecule has 0 spiro atoms. The summed E-state index contributed by atoms with van der Waals surface area (Å²) in [5.74, 6) is 1.12. The number of nitro groups is 1. The highest BCUT2D eigenvalue weighted by atomic mass is 35.5. The van der Waals surface area contributed by atoms with E-state index in [1.165, 1.54) is 12.1 Å². The van der Waals surface area contributed by atoms with Crippen molar-refractivity contribution in [1.29, 1.82) is 0 Å². The molecule has 0 fully saturated rings. The molecule has 1 heterocycles. The number of methoxy groups -OCH3 is 2. The number of nitro benzene ring substituents is 1. The highest BCUT2D eigenvalue weighted by molar-refractivity contribution is 6.32. The molecule has 2 N–H and O–H groups in total. The van der Waals surface area contributed by atoms with Crippen LogP contribution in [0, 0.1) is 10.1 Å². The van der Waals surface area contributed by atoms with Crippen molar-refractivity contribution in [3.63, 3.8) is 0 Å². The molecule has 0 aliphatic heterocycles. The van der Waals surface area contributed by atoms with Crippen LogP contribution in [0.3, 0.4) is 0 Å². The Morgan fingerprint density at radius 3 is 2.19 bits per heavy atom. The van der Waals surface area contributed by atoms with Crippen LogP contribution in [-0.4, -0.2) is 39.8 Å². The summed E-state index contributed by atoms with van der Waals surface area (Å²) in [6, 6.07) is 18.7. The Hall–Kier alpha value is -4.64. The fourth-order valence-electron chi connectivity index (χ4n) is 3.48. The zero-order valence-electron chi connectivity index (χ0n) is 20.0. The molecule has 190 valence electrons. The Bertz CT molecular complexity index is 1440. The quantitative estimate of drug-likeness (QED) is 0.223. The van der Waals surface area contributed by atoms with Crippen molar-refractivity contribution in [3.8, 4) is 11.5 Å². The summed E-state index contributed by atoms with van der Waals surface area (Å²) in [4.78, 5) is 28.4. The number of benzene rings is 3. The zero-order valence-corrected chi connectivity index (χ0v) is 20.7. The number of carbonyl (C=O) groups is 1. The smallest absolute Gasteiger partial charge is 0.288 e. The Kier molecular flexibility index (Phi) is 7.84. The molecule has 4 rings (SSSR count). The second kappa shape index (κ2) is 11.4. The van der Waals surface area contributed by atoms with Crippen LogP contribution >= 0.6 is 11.6 Å². The average molecular weight is 523 g/mol. The monoisotopic (exact) mass is 522 g/mol. The van der Waals surface area contributed by atoms with E-state index >= 15 is 0 Å². The predicted octanol–water partition coefficient (Wildman–Crippen LogP) is 4.77. The summed E-state index contributed by atoms with van der Waals surface area (Å²) < 4.78 is 11.6. The van der Waals surface area contributed by atoms with E-state index in [1.807, 2.05) is 48.5 Å². The molecule has 12 heteroatoms. The van der Waals surface area contributed by atoms with E-state index in [9.17, 15) is 14.9 Å². The van der Waals surface area contributed by atoms with E-state index in [4.69, 9.17) is 21.1 Å². The summed E-state index contributed by atoms with van der Waals surface area (Å²) in [7, 11) is 3.16. The number of anilines is 2. The summed E-state index contributed by atoms with van der Waals surface area (Å²) in [5.41, 5.74) is 1.45. The summed E-state index contributed by atoms with van der Waals surface area (Å²) in [6.07, 6.45) is 0. The van der Waals surface area contributed by atoms with E-state index < -0.39 is 10.8 Å². The Balaban J connectivity index is 1.62. The third kappa shape index (κ3) is 6.14. The lowest BCUT2D eigenvalue weighted by molar-refractivity contribution is -0.384. The van der Waals surface area contributed by atoms with Gasteiger partial charge in [-0.2, -0.15) is 9.67 Å². The fraction of sp³-hybridized carbons (Fsp3) is 0.160. The van der Waals surface area contributed by atoms with Crippen LogP contribution in [0.1, 0.15) is 21.5 Å². The number of rotatable bonds is 10. The van der Waals surface area contributed by atoms with Gasteiger partial charge in [0.25, 0.3) is 11.6 Å². The number of ether oxygens (including phenoxy) is 2. The van der Waals surface area contributed by atoms with Gasteiger partial charge in [-0.15, -0.1) is 5.10 Å². The second-order valence-electron chi connectivity index (χ2n) is 7.81. The van der Waals surface area contributed by atoms with Gasteiger partial charge in [-0.25, -0.2) is 0 Å². The lowest BCUT2D eigenvalue weighted by atomic mass is 10.2. The minimum atomic E-state index is -0.649. The van der Waals surface area contributed by atoms with E-state index in [-0.39, 0.29) is 28.2 Å². The maximum Gasteiger partial charge on any atom is 0.288 e. The summed E-state index contributed by atoms with van der Waals surface area (Å²) in [6.45, 7) is 0.691. The molecule has 0 amide bonds. The van der Waals surface area contributed by atoms with Crippen LogP contribution in [0.2, 0.25) is 5.02 Å². The molecule has 11 nitrogen and oxygen atoms in total. The molecule has 0 saturated heterocycles. The highest BCUT2D eigenvalue weighted by Gasteiger charge is 2.22. The van der Waals surface area contributed by atoms with Gasteiger partial charge >= 0.3 is 0 Å². The Morgan fingerprint density at radius 2 is 1.59 bits per heavy atom. The largest absolute Gasteiger partial charge is 0.497 e. The lowest BCUT2D eigenvalue weighted by Gasteiger charge is -2.08. The van der Waals surface area contributed by atoms with Crippen LogP contribution in [0.4, 0.5) is 17.6 Å². The van der Waals surface area contributed by atoms with Gasteiger partial charge in [0.1, 0.15) is 16.5 Å². The maximum absolute atomic E-state index is 13.3. The van der Waals surface area contributed by atoms with E-state index in [0.717, 1.165) is 21.9 Å². The molecule has 0 aliphatic rings. The number of hydrogen-bond acceptors (Lipinski definition) is 9. The molecule has 0 unspecified atom stereocenters. The van der Waals surface area contributed by atoms with Crippen LogP contribution < -0.4 is 20.1 Å². The van der Waals surface area contributed by atoms with Gasteiger partial charge in [0, 0.05) is 24.7 Å². The molecule has 0 radical (unpaired) electrons. The molecule has 0 bridgehead atoms. The normalized spacial score (nSPS) is 10.6. The van der Waals surface area contributed by atoms with Gasteiger partial charge in [-0.1, -0.05) is 35.9 Å². The van der Waals surface area contributed by atoms with Crippen molar-refractivity contribution in [2.24, 2.45) is 0 Å². The minimum Gasteiger partial charge on any atom is -0.497 e. The first-order chi connectivity index (χ1) is 17.9. The van der Waals surface area contributed by atoms with Crippen molar-refractivity contribution < 1.29 is 19.2 Å². The molecule has 1 aromatic heterocycles. The third-order valence-corrected chi connectivity index (χ3v) is 5.68. The standard InChI is InChI=1S/C25H23ClN6O5/c1-36-19-7-3-5-16(11-19)14-27-24-29-25(28-15-17-6-4-8-20(12-17)37-2)31(30-24)23(33)18-9-10-21(26)22(13-18)32(34)35/h3-13H,14-15H2,1-2H3,(H2,27,28,29,30). The number of halogens is 1. The van der Waals surface area contributed by atoms with Crippen LogP contribution in [0.15, 0.2) is 66.7 Å². The Morgan fingerprint density at radius 1 is 0.973 bits per heavy atom. The zero-order chi connectivity index (χ0) is 26.4. The van der Waals surface area contributed by atoms with Crippen LogP contribution in [0.25, 0.3) is 0 Å². The average Bonchev–Trinajstić information content (AvgIpc) is 3.33. The number of hydrogen-bond donors (Lipinski definition) is 2. The van der Waals surface area contributed by atoms with Gasteiger partial charge in [0.05, 0.1) is 19.1 Å². The van der Waals surface area contributed by atoms with Crippen molar-refractivity contribution in [1.82, 2.24) is 14.8 Å². The molecule has 37 heavy (non-hydrogen) atoms. The number of aromatic nitrogens is 3. The van der Waals surface area contributed by atoms with Crippen molar-refractivity contribution in [2.45, 2.75) is 13.1 Å². The van der Waals surface area contributed by atoms with Gasteiger partial charge < -0.3 is 20.1 Å². The maximum atomic E-state index is 13.3. The summed E-state index contributed by atoms with van der Waals surface area (Å²) >= 11 is 5.91. The van der Waals surface area contributed by atoms with Crippen molar-refractivity contribution in [2.75, 3.05) is 24.9 Å². The first-order valence-electron chi connectivity index (χ1n) is 11.1. The van der Waals surface area contributed by atoms with Gasteiger partial charge in [0.15, 0.2) is 0 Å². The van der Waals surface area contributed by atoms with Gasteiger partial charge in [0.2, 0.25) is 11.9 Å². The van der Waals surface area contributed by atoms with Crippen molar-refractivity contribution >= 4 is 35.1 Å². The molecule has 4 aromatic rings. The van der Waals surface area contributed by atoms with Crippen molar-refractivity contribution in [3.05, 3.63) is 98.6 Å². The molecular weight excluding hydrogens is 500 g/mol. The Labute approximate surface area is 217 Å².